The molecule has 0 radical (unpaired) electrons. The number of anilines is 1. The van der Waals surface area contributed by atoms with Crippen LogP contribution in [0.3, 0.4) is 0 Å². The Hall–Kier alpha value is -2.40. The van der Waals surface area contributed by atoms with E-state index in [1.165, 1.54) is 12.1 Å². The fourth-order valence-corrected chi connectivity index (χ4v) is 2.53. The molecule has 0 heterocycles. The van der Waals surface area contributed by atoms with Crippen LogP contribution in [0.1, 0.15) is 5.56 Å². The average molecular weight is 338 g/mol. The molecule has 3 rings (SSSR count). The number of hydrogen-bond acceptors (Lipinski definition) is 2. The number of alkyl halides is 3. The summed E-state index contributed by atoms with van der Waals surface area (Å²) in [5, 5.41) is 1.84. The first-order chi connectivity index (χ1) is 10.9. The highest BCUT2D eigenvalue weighted by Crippen LogP contribution is 2.41. The summed E-state index contributed by atoms with van der Waals surface area (Å²) in [7, 11) is 0. The van der Waals surface area contributed by atoms with Crippen LogP contribution in [0.2, 0.25) is 5.02 Å². The van der Waals surface area contributed by atoms with Gasteiger partial charge < -0.3 is 10.5 Å². The summed E-state index contributed by atoms with van der Waals surface area (Å²) in [5.41, 5.74) is 4.55. The lowest BCUT2D eigenvalue weighted by Crippen LogP contribution is -2.08. The smallest absolute Gasteiger partial charge is 0.420 e. The number of halogens is 4. The number of nitrogens with two attached hydrogens (primary N) is 1. The molecule has 0 unspecified atom stereocenters. The molecular formula is C17H11ClF3NO. The number of ether oxygens (including phenoxy) is 1. The predicted octanol–water partition coefficient (Wildman–Crippen LogP) is 5.89. The molecular weight excluding hydrogens is 327 g/mol. The second-order valence-electron chi connectivity index (χ2n) is 4.95. The summed E-state index contributed by atoms with van der Waals surface area (Å²) in [4.78, 5) is 0. The standard InChI is InChI=1S/C17H11ClF3NO/c18-14-6-8-15(12-4-2-1-3-11(12)14)23-16-7-5-10(22)9-13(16)17(19,20)21/h1-9H,22H2. The summed E-state index contributed by atoms with van der Waals surface area (Å²) >= 11 is 6.10. The molecule has 0 aliphatic rings. The fraction of sp³-hybridized carbons (Fsp3) is 0.0588. The van der Waals surface area contributed by atoms with Crippen LogP contribution in [-0.2, 0) is 6.18 Å². The topological polar surface area (TPSA) is 35.2 Å². The Morgan fingerprint density at radius 2 is 1.52 bits per heavy atom. The molecule has 0 saturated carbocycles. The SMILES string of the molecule is Nc1ccc(Oc2ccc(Cl)c3ccccc23)c(C(F)(F)F)c1. The van der Waals surface area contributed by atoms with Crippen LogP contribution in [0.25, 0.3) is 10.8 Å². The van der Waals surface area contributed by atoms with Gasteiger partial charge in [-0.3, -0.25) is 0 Å². The summed E-state index contributed by atoms with van der Waals surface area (Å²) < 4.78 is 45.0. The minimum Gasteiger partial charge on any atom is -0.456 e. The van der Waals surface area contributed by atoms with Crippen LogP contribution >= 0.6 is 11.6 Å². The van der Waals surface area contributed by atoms with Gasteiger partial charge >= 0.3 is 6.18 Å². The van der Waals surface area contributed by atoms with Gasteiger partial charge in [-0.15, -0.1) is 0 Å². The van der Waals surface area contributed by atoms with Crippen molar-refractivity contribution in [1.29, 1.82) is 0 Å². The van der Waals surface area contributed by atoms with Crippen LogP contribution in [-0.4, -0.2) is 0 Å². The highest BCUT2D eigenvalue weighted by molar-refractivity contribution is 6.35. The molecule has 0 bridgehead atoms. The molecule has 0 spiro atoms. The normalized spacial score (nSPS) is 11.7. The lowest BCUT2D eigenvalue weighted by molar-refractivity contribution is -0.138. The highest BCUT2D eigenvalue weighted by Gasteiger charge is 2.35. The number of benzene rings is 3. The highest BCUT2D eigenvalue weighted by atomic mass is 35.5. The molecule has 3 aromatic rings. The van der Waals surface area contributed by atoms with Crippen molar-refractivity contribution in [1.82, 2.24) is 0 Å². The van der Waals surface area contributed by atoms with E-state index in [2.05, 4.69) is 0 Å². The monoisotopic (exact) mass is 337 g/mol. The van der Waals surface area contributed by atoms with Crippen LogP contribution in [0.4, 0.5) is 18.9 Å². The molecule has 6 heteroatoms. The maximum Gasteiger partial charge on any atom is 0.420 e. The molecule has 2 N–H and O–H groups in total. The van der Waals surface area contributed by atoms with E-state index in [1.807, 2.05) is 0 Å². The number of rotatable bonds is 2. The second kappa shape index (κ2) is 5.66. The van der Waals surface area contributed by atoms with E-state index in [1.54, 1.807) is 36.4 Å². The molecule has 0 aliphatic carbocycles. The average Bonchev–Trinajstić information content (AvgIpc) is 2.51. The van der Waals surface area contributed by atoms with E-state index in [4.69, 9.17) is 22.1 Å². The fourth-order valence-electron chi connectivity index (χ4n) is 2.30. The zero-order valence-electron chi connectivity index (χ0n) is 11.7. The lowest BCUT2D eigenvalue weighted by atomic mass is 10.1. The third kappa shape index (κ3) is 3.05. The number of fused-ring (bicyclic) bond motifs is 1. The maximum atomic E-state index is 13.2. The Bertz CT molecular complexity index is 877. The van der Waals surface area contributed by atoms with Gasteiger partial charge in [-0.2, -0.15) is 13.2 Å². The molecule has 23 heavy (non-hydrogen) atoms. The Morgan fingerprint density at radius 1 is 0.870 bits per heavy atom. The molecule has 0 saturated heterocycles. The van der Waals surface area contributed by atoms with Crippen molar-refractivity contribution in [2.45, 2.75) is 6.18 Å². The largest absolute Gasteiger partial charge is 0.456 e. The summed E-state index contributed by atoms with van der Waals surface area (Å²) in [6.45, 7) is 0. The Labute approximate surface area is 135 Å². The summed E-state index contributed by atoms with van der Waals surface area (Å²) in [5.74, 6) is -0.0144. The molecule has 3 aromatic carbocycles. The molecule has 0 amide bonds. The van der Waals surface area contributed by atoms with Crippen molar-refractivity contribution in [3.63, 3.8) is 0 Å². The van der Waals surface area contributed by atoms with Gasteiger partial charge in [0.1, 0.15) is 17.1 Å². The van der Waals surface area contributed by atoms with Crippen molar-refractivity contribution in [2.24, 2.45) is 0 Å². The van der Waals surface area contributed by atoms with Gasteiger partial charge in [0.2, 0.25) is 0 Å². The molecule has 0 fully saturated rings. The Morgan fingerprint density at radius 3 is 2.22 bits per heavy atom. The predicted molar refractivity (Wildman–Crippen MR) is 84.9 cm³/mol. The van der Waals surface area contributed by atoms with Crippen molar-refractivity contribution in [3.8, 4) is 11.5 Å². The second-order valence-corrected chi connectivity index (χ2v) is 5.35. The first kappa shape index (κ1) is 15.5. The van der Waals surface area contributed by atoms with Gasteiger partial charge in [-0.05, 0) is 30.3 Å². The van der Waals surface area contributed by atoms with E-state index in [0.29, 0.717) is 21.5 Å². The van der Waals surface area contributed by atoms with Gasteiger partial charge in [-0.1, -0.05) is 35.9 Å². The van der Waals surface area contributed by atoms with Gasteiger partial charge in [-0.25, -0.2) is 0 Å². The van der Waals surface area contributed by atoms with Crippen LogP contribution < -0.4 is 10.5 Å². The van der Waals surface area contributed by atoms with Crippen molar-refractivity contribution in [3.05, 3.63) is 65.2 Å². The third-order valence-corrected chi connectivity index (χ3v) is 3.69. The van der Waals surface area contributed by atoms with Crippen molar-refractivity contribution < 1.29 is 17.9 Å². The van der Waals surface area contributed by atoms with E-state index in [9.17, 15) is 13.2 Å². The van der Waals surface area contributed by atoms with Gasteiger partial charge in [0.05, 0.1) is 0 Å². The molecule has 2 nitrogen and oxygen atoms in total. The van der Waals surface area contributed by atoms with Gasteiger partial charge in [0.15, 0.2) is 0 Å². The molecule has 118 valence electrons. The van der Waals surface area contributed by atoms with Crippen LogP contribution in [0, 0.1) is 0 Å². The minimum atomic E-state index is -4.56. The first-order valence-corrected chi connectivity index (χ1v) is 7.06. The number of hydrogen-bond donors (Lipinski definition) is 1. The van der Waals surface area contributed by atoms with Crippen molar-refractivity contribution >= 4 is 28.1 Å². The zero-order valence-corrected chi connectivity index (χ0v) is 12.4. The third-order valence-electron chi connectivity index (χ3n) is 3.36. The summed E-state index contributed by atoms with van der Waals surface area (Å²) in [6, 6.07) is 13.6. The molecule has 0 aliphatic heterocycles. The Balaban J connectivity index is 2.12. The maximum absolute atomic E-state index is 13.2. The van der Waals surface area contributed by atoms with E-state index in [-0.39, 0.29) is 11.4 Å². The summed E-state index contributed by atoms with van der Waals surface area (Å²) in [6.07, 6.45) is -4.56. The van der Waals surface area contributed by atoms with Gasteiger partial charge in [0, 0.05) is 21.5 Å². The van der Waals surface area contributed by atoms with Crippen LogP contribution in [0.5, 0.6) is 11.5 Å². The zero-order chi connectivity index (χ0) is 16.6. The molecule has 0 atom stereocenters. The van der Waals surface area contributed by atoms with E-state index >= 15 is 0 Å². The quantitative estimate of drug-likeness (QED) is 0.592. The first-order valence-electron chi connectivity index (χ1n) is 6.68. The van der Waals surface area contributed by atoms with E-state index in [0.717, 1.165) is 6.07 Å². The Kier molecular flexibility index (Phi) is 3.82. The van der Waals surface area contributed by atoms with E-state index < -0.39 is 11.7 Å². The van der Waals surface area contributed by atoms with Crippen LogP contribution in [0.15, 0.2) is 54.6 Å². The minimum absolute atomic E-state index is 0.0191. The van der Waals surface area contributed by atoms with Gasteiger partial charge in [0.25, 0.3) is 0 Å². The number of nitrogen functional groups attached to an aromatic ring is 1. The molecule has 0 aromatic heterocycles. The van der Waals surface area contributed by atoms with Crippen molar-refractivity contribution in [2.75, 3.05) is 5.73 Å². The lowest BCUT2D eigenvalue weighted by Gasteiger charge is -2.15.